The predicted octanol–water partition coefficient (Wildman–Crippen LogP) is 3.80. The molecule has 0 saturated carbocycles. The van der Waals surface area contributed by atoms with Gasteiger partial charge in [0.25, 0.3) is 0 Å². The highest BCUT2D eigenvalue weighted by Gasteiger charge is 2.37. The quantitative estimate of drug-likeness (QED) is 0.796. The molecule has 0 fully saturated rings. The molecular weight excluding hydrogens is 315 g/mol. The molecule has 0 atom stereocenters. The van der Waals surface area contributed by atoms with Gasteiger partial charge >= 0.3 is 12.3 Å². The summed E-state index contributed by atoms with van der Waals surface area (Å²) in [5.74, 6) is -1.97. The van der Waals surface area contributed by atoms with Crippen LogP contribution in [0, 0.1) is 5.41 Å². The van der Waals surface area contributed by atoms with Gasteiger partial charge in [0.2, 0.25) is 5.91 Å². The molecule has 5 nitrogen and oxygen atoms in total. The Morgan fingerprint density at radius 2 is 1.65 bits per heavy atom. The number of anilines is 1. The molecule has 1 aromatic carbocycles. The molecule has 0 aliphatic rings. The van der Waals surface area contributed by atoms with E-state index in [1.807, 2.05) is 0 Å². The van der Waals surface area contributed by atoms with E-state index >= 15 is 0 Å². The molecule has 1 aromatic rings. The summed E-state index contributed by atoms with van der Waals surface area (Å²) in [4.78, 5) is 23.3. The zero-order valence-electron chi connectivity index (χ0n) is 12.7. The van der Waals surface area contributed by atoms with E-state index < -0.39 is 29.4 Å². The number of alkyl halides is 3. The van der Waals surface area contributed by atoms with E-state index in [-0.39, 0.29) is 12.1 Å². The molecule has 0 aliphatic carbocycles. The van der Waals surface area contributed by atoms with E-state index in [1.165, 1.54) is 12.1 Å². The van der Waals surface area contributed by atoms with Crippen molar-refractivity contribution < 1.29 is 32.6 Å². The lowest BCUT2D eigenvalue weighted by Gasteiger charge is -2.25. The second-order valence-corrected chi connectivity index (χ2v) is 5.09. The molecule has 23 heavy (non-hydrogen) atoms. The topological polar surface area (TPSA) is 75.6 Å². The number of aliphatic carboxylic acids is 1. The number of carbonyl (C=O) groups excluding carboxylic acids is 1. The van der Waals surface area contributed by atoms with Crippen LogP contribution in [0.3, 0.4) is 0 Å². The van der Waals surface area contributed by atoms with Crippen LogP contribution in [-0.4, -0.2) is 23.3 Å². The SMILES string of the molecule is CCC(CC)(CC(=O)Nc1ccc(OC(F)(F)F)cc1)C(=O)O. The van der Waals surface area contributed by atoms with Gasteiger partial charge in [-0.1, -0.05) is 13.8 Å². The monoisotopic (exact) mass is 333 g/mol. The van der Waals surface area contributed by atoms with Crippen molar-refractivity contribution in [3.05, 3.63) is 24.3 Å². The van der Waals surface area contributed by atoms with Crippen molar-refractivity contribution in [2.45, 2.75) is 39.5 Å². The molecule has 8 heteroatoms. The Labute approximate surface area is 131 Å². The minimum atomic E-state index is -4.78. The molecule has 0 aromatic heterocycles. The first-order valence-corrected chi connectivity index (χ1v) is 7.01. The maximum Gasteiger partial charge on any atom is 0.573 e. The average Bonchev–Trinajstić information content (AvgIpc) is 2.45. The van der Waals surface area contributed by atoms with Gasteiger partial charge in [-0.15, -0.1) is 13.2 Å². The molecule has 0 unspecified atom stereocenters. The van der Waals surface area contributed by atoms with Crippen molar-refractivity contribution in [1.82, 2.24) is 0 Å². The number of carboxylic acids is 1. The molecule has 128 valence electrons. The third-order valence-electron chi connectivity index (χ3n) is 3.68. The molecule has 1 amide bonds. The first kappa shape index (κ1) is 18.8. The Morgan fingerprint density at radius 1 is 1.13 bits per heavy atom. The minimum absolute atomic E-state index is 0.212. The van der Waals surface area contributed by atoms with E-state index in [0.29, 0.717) is 12.8 Å². The third kappa shape index (κ3) is 5.46. The van der Waals surface area contributed by atoms with Gasteiger partial charge in [0.15, 0.2) is 0 Å². The van der Waals surface area contributed by atoms with Crippen molar-refractivity contribution in [2.75, 3.05) is 5.32 Å². The largest absolute Gasteiger partial charge is 0.573 e. The van der Waals surface area contributed by atoms with Crippen LogP contribution in [0.15, 0.2) is 24.3 Å². The van der Waals surface area contributed by atoms with Crippen molar-refractivity contribution in [3.8, 4) is 5.75 Å². The van der Waals surface area contributed by atoms with Crippen LogP contribution in [0.4, 0.5) is 18.9 Å². The van der Waals surface area contributed by atoms with E-state index in [4.69, 9.17) is 0 Å². The lowest BCUT2D eigenvalue weighted by Crippen LogP contribution is -2.34. The van der Waals surface area contributed by atoms with Crippen LogP contribution in [-0.2, 0) is 9.59 Å². The maximum atomic E-state index is 12.0. The zero-order valence-corrected chi connectivity index (χ0v) is 12.7. The maximum absolute atomic E-state index is 12.0. The van der Waals surface area contributed by atoms with Gasteiger partial charge in [-0.2, -0.15) is 0 Å². The van der Waals surface area contributed by atoms with E-state index in [2.05, 4.69) is 10.1 Å². The summed E-state index contributed by atoms with van der Waals surface area (Å²) in [5.41, 5.74) is -0.889. The highest BCUT2D eigenvalue weighted by atomic mass is 19.4. The van der Waals surface area contributed by atoms with Crippen molar-refractivity contribution in [3.63, 3.8) is 0 Å². The molecule has 1 rings (SSSR count). The van der Waals surface area contributed by atoms with Crippen LogP contribution in [0.5, 0.6) is 5.75 Å². The summed E-state index contributed by atoms with van der Waals surface area (Å²) < 4.78 is 39.8. The molecule has 0 aliphatic heterocycles. The minimum Gasteiger partial charge on any atom is -0.481 e. The number of hydrogen-bond donors (Lipinski definition) is 2. The smallest absolute Gasteiger partial charge is 0.481 e. The van der Waals surface area contributed by atoms with E-state index in [9.17, 15) is 27.9 Å². The number of halogens is 3. The third-order valence-corrected chi connectivity index (χ3v) is 3.68. The Balaban J connectivity index is 2.72. The van der Waals surface area contributed by atoms with Crippen molar-refractivity contribution in [1.29, 1.82) is 0 Å². The van der Waals surface area contributed by atoms with Gasteiger partial charge in [0.05, 0.1) is 5.41 Å². The first-order chi connectivity index (χ1) is 10.6. The predicted molar refractivity (Wildman–Crippen MR) is 77.0 cm³/mol. The van der Waals surface area contributed by atoms with Crippen LogP contribution in [0.25, 0.3) is 0 Å². The van der Waals surface area contributed by atoms with Crippen molar-refractivity contribution in [2.24, 2.45) is 5.41 Å². The van der Waals surface area contributed by atoms with Gasteiger partial charge in [-0.3, -0.25) is 9.59 Å². The summed E-state index contributed by atoms with van der Waals surface area (Å²) in [7, 11) is 0. The van der Waals surface area contributed by atoms with Gasteiger partial charge in [0, 0.05) is 12.1 Å². The second kappa shape index (κ2) is 7.34. The fourth-order valence-electron chi connectivity index (χ4n) is 2.13. The number of amides is 1. The number of nitrogens with one attached hydrogen (secondary N) is 1. The standard InChI is InChI=1S/C15H18F3NO4/c1-3-14(4-2,13(21)22)9-12(20)19-10-5-7-11(8-6-10)23-15(16,17)18/h5-8H,3-4,9H2,1-2H3,(H,19,20)(H,21,22). The molecule has 0 radical (unpaired) electrons. The summed E-state index contributed by atoms with van der Waals surface area (Å²) in [6, 6.07) is 4.62. The Bertz CT molecular complexity index is 551. The Morgan fingerprint density at radius 3 is 2.04 bits per heavy atom. The lowest BCUT2D eigenvalue weighted by atomic mass is 9.79. The first-order valence-electron chi connectivity index (χ1n) is 7.01. The Hall–Kier alpha value is -2.25. The average molecular weight is 333 g/mol. The number of hydrogen-bond acceptors (Lipinski definition) is 3. The molecule has 2 N–H and O–H groups in total. The van der Waals surface area contributed by atoms with Crippen LogP contribution in [0.1, 0.15) is 33.1 Å². The van der Waals surface area contributed by atoms with Gasteiger partial charge < -0.3 is 15.2 Å². The normalized spacial score (nSPS) is 11.9. The highest BCUT2D eigenvalue weighted by molar-refractivity contribution is 5.94. The molecular formula is C15H18F3NO4. The van der Waals surface area contributed by atoms with Crippen LogP contribution < -0.4 is 10.1 Å². The van der Waals surface area contributed by atoms with Gasteiger partial charge in [0.1, 0.15) is 5.75 Å². The molecule has 0 bridgehead atoms. The zero-order chi connectivity index (χ0) is 17.7. The fourth-order valence-corrected chi connectivity index (χ4v) is 2.13. The molecule has 0 heterocycles. The molecule has 0 spiro atoms. The van der Waals surface area contributed by atoms with Crippen molar-refractivity contribution >= 4 is 17.6 Å². The van der Waals surface area contributed by atoms with E-state index in [0.717, 1.165) is 12.1 Å². The van der Waals surface area contributed by atoms with Crippen LogP contribution >= 0.6 is 0 Å². The number of ether oxygens (including phenoxy) is 1. The fraction of sp³-hybridized carbons (Fsp3) is 0.467. The highest BCUT2D eigenvalue weighted by Crippen LogP contribution is 2.31. The number of rotatable bonds is 7. The second-order valence-electron chi connectivity index (χ2n) is 5.09. The summed E-state index contributed by atoms with van der Waals surface area (Å²) >= 11 is 0. The summed E-state index contributed by atoms with van der Waals surface area (Å²) in [6.45, 7) is 3.38. The van der Waals surface area contributed by atoms with Crippen LogP contribution in [0.2, 0.25) is 0 Å². The summed E-state index contributed by atoms with van der Waals surface area (Å²) in [6.07, 6.45) is -4.40. The number of benzene rings is 1. The number of carbonyl (C=O) groups is 2. The van der Waals surface area contributed by atoms with Gasteiger partial charge in [-0.25, -0.2) is 0 Å². The lowest BCUT2D eigenvalue weighted by molar-refractivity contribution is -0.274. The van der Waals surface area contributed by atoms with E-state index in [1.54, 1.807) is 13.8 Å². The summed E-state index contributed by atoms with van der Waals surface area (Å²) in [5, 5.41) is 11.8. The van der Waals surface area contributed by atoms with Gasteiger partial charge in [-0.05, 0) is 37.1 Å². The Kier molecular flexibility index (Phi) is 6.00. The number of carboxylic acid groups (broad SMARTS) is 1. The molecule has 0 saturated heterocycles.